The Hall–Kier alpha value is -3.59. The molecule has 11 nitrogen and oxygen atoms in total. The number of allylic oxidation sites excluding steroid dienone is 1. The number of hydrogen-bond donors (Lipinski definition) is 2. The van der Waals surface area contributed by atoms with Gasteiger partial charge in [0.2, 0.25) is 0 Å². The summed E-state index contributed by atoms with van der Waals surface area (Å²) >= 11 is 0. The Kier molecular flexibility index (Phi) is 10.9. The van der Waals surface area contributed by atoms with E-state index in [1.54, 1.807) is 29.2 Å². The first-order chi connectivity index (χ1) is 23.4. The number of nitrogens with one attached hydrogen (secondary N) is 1. The average Bonchev–Trinajstić information content (AvgIpc) is 3.76. The van der Waals surface area contributed by atoms with Crippen molar-refractivity contribution in [3.05, 3.63) is 64.6 Å². The number of alkyl halides is 3. The molecule has 0 radical (unpaired) electrons. The van der Waals surface area contributed by atoms with Gasteiger partial charge in [0.15, 0.2) is 0 Å². The van der Waals surface area contributed by atoms with Crippen LogP contribution in [0.15, 0.2) is 53.5 Å². The SMILES string of the molecule is CC1CCC(N2Cc3cc(O)ccc3C2=O)C(=O)NO1.CN1CC(CN2CCCC2)=CN1C1C=C(OC(F)(F)F)C=C(C2CCOCC2)C1. The second-order valence-electron chi connectivity index (χ2n) is 13.7. The van der Waals surface area contributed by atoms with Crippen LogP contribution in [0.25, 0.3) is 0 Å². The molecule has 1 aromatic rings. The van der Waals surface area contributed by atoms with Gasteiger partial charge in [0.05, 0.1) is 12.1 Å². The Morgan fingerprint density at radius 2 is 1.82 bits per heavy atom. The normalized spacial score (nSPS) is 27.1. The van der Waals surface area contributed by atoms with Gasteiger partial charge in [-0.2, -0.15) is 0 Å². The predicted octanol–water partition coefficient (Wildman–Crippen LogP) is 4.62. The summed E-state index contributed by atoms with van der Waals surface area (Å²) in [6, 6.07) is 3.96. The van der Waals surface area contributed by atoms with E-state index < -0.39 is 12.4 Å². The number of benzene rings is 1. The Morgan fingerprint density at radius 3 is 2.55 bits per heavy atom. The van der Waals surface area contributed by atoms with Crippen LogP contribution in [0.2, 0.25) is 0 Å². The lowest BCUT2D eigenvalue weighted by atomic mass is 9.84. The van der Waals surface area contributed by atoms with Crippen LogP contribution < -0.4 is 5.48 Å². The smallest absolute Gasteiger partial charge is 0.508 e. The summed E-state index contributed by atoms with van der Waals surface area (Å²) in [6.07, 6.45) is 6.77. The van der Waals surface area contributed by atoms with E-state index in [2.05, 4.69) is 31.3 Å². The summed E-state index contributed by atoms with van der Waals surface area (Å²) in [4.78, 5) is 33.6. The number of rotatable bonds is 6. The van der Waals surface area contributed by atoms with Gasteiger partial charge in [-0.1, -0.05) is 5.57 Å². The lowest BCUT2D eigenvalue weighted by Gasteiger charge is -2.37. The van der Waals surface area contributed by atoms with E-state index in [4.69, 9.17) is 9.57 Å². The molecule has 6 aliphatic rings. The summed E-state index contributed by atoms with van der Waals surface area (Å²) < 4.78 is 48.5. The maximum absolute atomic E-state index is 12.9. The second-order valence-corrected chi connectivity index (χ2v) is 13.7. The van der Waals surface area contributed by atoms with Crippen LogP contribution in [0.3, 0.4) is 0 Å². The first-order valence-electron chi connectivity index (χ1n) is 17.2. The van der Waals surface area contributed by atoms with Crippen molar-refractivity contribution >= 4 is 11.8 Å². The molecule has 3 saturated heterocycles. The number of carbonyl (C=O) groups excluding carboxylic acids is 2. The van der Waals surface area contributed by atoms with E-state index in [0.717, 1.165) is 50.2 Å². The van der Waals surface area contributed by atoms with Crippen LogP contribution in [0.5, 0.6) is 5.75 Å². The molecule has 3 fully saturated rings. The van der Waals surface area contributed by atoms with Crippen molar-refractivity contribution < 1.29 is 42.2 Å². The first-order valence-corrected chi connectivity index (χ1v) is 17.2. The summed E-state index contributed by atoms with van der Waals surface area (Å²) in [5.74, 6) is -0.173. The molecule has 14 heteroatoms. The van der Waals surface area contributed by atoms with E-state index >= 15 is 0 Å². The van der Waals surface area contributed by atoms with Crippen molar-refractivity contribution in [2.75, 3.05) is 46.4 Å². The molecule has 1 aromatic carbocycles. The third-order valence-electron chi connectivity index (χ3n) is 10.0. The van der Waals surface area contributed by atoms with Crippen molar-refractivity contribution in [1.82, 2.24) is 25.3 Å². The number of hydrazine groups is 1. The molecule has 3 atom stereocenters. The van der Waals surface area contributed by atoms with Crippen LogP contribution in [0.1, 0.15) is 67.8 Å². The van der Waals surface area contributed by atoms with Crippen LogP contribution in [0.4, 0.5) is 13.2 Å². The van der Waals surface area contributed by atoms with Gasteiger partial charge >= 0.3 is 6.36 Å². The van der Waals surface area contributed by atoms with Crippen LogP contribution in [-0.2, 0) is 25.7 Å². The summed E-state index contributed by atoms with van der Waals surface area (Å²) in [5.41, 5.74) is 6.04. The van der Waals surface area contributed by atoms with Gasteiger partial charge in [0.25, 0.3) is 11.8 Å². The largest absolute Gasteiger partial charge is 0.573 e. The van der Waals surface area contributed by atoms with Gasteiger partial charge in [0, 0.05) is 51.7 Å². The highest BCUT2D eigenvalue weighted by Crippen LogP contribution is 2.36. The minimum atomic E-state index is -4.68. The van der Waals surface area contributed by atoms with Crippen molar-refractivity contribution in [3.63, 3.8) is 0 Å². The fraction of sp³-hybridized carbons (Fsp3) is 0.600. The Bertz CT molecular complexity index is 1470. The van der Waals surface area contributed by atoms with E-state index in [0.29, 0.717) is 44.6 Å². The lowest BCUT2D eigenvalue weighted by molar-refractivity contribution is -0.303. The molecule has 5 aliphatic heterocycles. The van der Waals surface area contributed by atoms with E-state index in [1.165, 1.54) is 24.5 Å². The highest BCUT2D eigenvalue weighted by atomic mass is 19.4. The molecule has 7 rings (SSSR count). The molecule has 0 spiro atoms. The molecule has 3 unspecified atom stereocenters. The zero-order valence-corrected chi connectivity index (χ0v) is 28.1. The summed E-state index contributed by atoms with van der Waals surface area (Å²) in [7, 11) is 2.00. The molecule has 0 bridgehead atoms. The highest BCUT2D eigenvalue weighted by Gasteiger charge is 2.39. The number of phenolic OH excluding ortho intramolecular Hbond substituents is 1. The Balaban J connectivity index is 0.000000182. The molecule has 5 heterocycles. The molecule has 0 aromatic heterocycles. The minimum Gasteiger partial charge on any atom is -0.508 e. The summed E-state index contributed by atoms with van der Waals surface area (Å²) in [5, 5.41) is 13.7. The maximum Gasteiger partial charge on any atom is 0.573 e. The number of hydroxylamine groups is 1. The number of likely N-dealkylation sites (tertiary alicyclic amines) is 1. The molecular formula is C35H46F3N5O6. The van der Waals surface area contributed by atoms with E-state index in [1.807, 2.05) is 14.0 Å². The Morgan fingerprint density at radius 1 is 1.06 bits per heavy atom. The maximum atomic E-state index is 12.9. The van der Waals surface area contributed by atoms with Gasteiger partial charge in [-0.15, -0.1) is 13.2 Å². The van der Waals surface area contributed by atoms with Gasteiger partial charge in [-0.25, -0.2) is 10.5 Å². The molecule has 49 heavy (non-hydrogen) atoms. The number of amides is 2. The third-order valence-corrected chi connectivity index (χ3v) is 10.0. The van der Waals surface area contributed by atoms with Gasteiger partial charge in [-0.05, 0) is 112 Å². The van der Waals surface area contributed by atoms with Crippen LogP contribution in [0, 0.1) is 5.92 Å². The third kappa shape index (κ3) is 8.77. The number of carbonyl (C=O) groups is 2. The summed E-state index contributed by atoms with van der Waals surface area (Å²) in [6.45, 7) is 7.55. The van der Waals surface area contributed by atoms with Gasteiger partial charge < -0.3 is 24.5 Å². The number of likely N-dealkylation sites (N-methyl/N-ethyl adjacent to an activating group) is 1. The zero-order valence-electron chi connectivity index (χ0n) is 28.1. The zero-order chi connectivity index (χ0) is 34.7. The second kappa shape index (κ2) is 15.1. The topological polar surface area (TPSA) is 107 Å². The number of ether oxygens (including phenoxy) is 2. The number of hydrogen-bond acceptors (Lipinski definition) is 9. The molecule has 2 amide bonds. The number of nitrogens with zero attached hydrogens (tertiary/aromatic N) is 4. The number of fused-ring (bicyclic) bond motifs is 1. The lowest BCUT2D eigenvalue weighted by Crippen LogP contribution is -2.45. The first kappa shape index (κ1) is 35.2. The molecule has 1 aliphatic carbocycles. The van der Waals surface area contributed by atoms with Gasteiger partial charge in [0.1, 0.15) is 17.6 Å². The number of phenols is 1. The molecule has 268 valence electrons. The Labute approximate surface area is 284 Å². The van der Waals surface area contributed by atoms with Crippen molar-refractivity contribution in [2.45, 2.75) is 83.0 Å². The van der Waals surface area contributed by atoms with Crippen LogP contribution >= 0.6 is 0 Å². The monoisotopic (exact) mass is 689 g/mol. The predicted molar refractivity (Wildman–Crippen MR) is 173 cm³/mol. The fourth-order valence-electron chi connectivity index (χ4n) is 7.56. The van der Waals surface area contributed by atoms with Crippen molar-refractivity contribution in [1.29, 1.82) is 0 Å². The van der Waals surface area contributed by atoms with Gasteiger partial charge in [-0.3, -0.25) is 19.3 Å². The number of halogens is 3. The molecular weight excluding hydrogens is 643 g/mol. The van der Waals surface area contributed by atoms with E-state index in [9.17, 15) is 27.9 Å². The van der Waals surface area contributed by atoms with E-state index in [-0.39, 0.29) is 41.4 Å². The highest BCUT2D eigenvalue weighted by molar-refractivity contribution is 6.01. The molecule has 2 N–H and O–H groups in total. The minimum absolute atomic E-state index is 0.0620. The quantitative estimate of drug-likeness (QED) is 0.443. The average molecular weight is 690 g/mol. The fourth-order valence-corrected chi connectivity index (χ4v) is 7.56. The van der Waals surface area contributed by atoms with Crippen LogP contribution in [-0.4, -0.2) is 108 Å². The number of aromatic hydroxyl groups is 1. The standard InChI is InChI=1S/C21H30F3N3O2.C14H16N2O4/c1-25-13-16(14-26-6-2-3-7-26)15-27(25)19-10-18(17-4-8-28-9-5-17)11-20(12-19)29-21(22,23)24;1-8-2-5-12(13(18)15-20-8)16-7-9-6-10(17)3-4-11(9)14(16)19/h11-12,15,17,19H,2-10,13-14H2,1H3;3-4,6,8,12,17H,2,5,7H2,1H3,(H,15,18). The molecule has 0 saturated carbocycles. The van der Waals surface area contributed by atoms with Crippen molar-refractivity contribution in [3.8, 4) is 5.75 Å². The van der Waals surface area contributed by atoms with Crippen molar-refractivity contribution in [2.24, 2.45) is 5.92 Å².